The second-order valence-corrected chi connectivity index (χ2v) is 3.16. The van der Waals surface area contributed by atoms with E-state index in [9.17, 15) is 9.90 Å². The summed E-state index contributed by atoms with van der Waals surface area (Å²) in [4.78, 5) is 10.6. The molecule has 0 aliphatic rings. The standard InChI is InChI=1S/C10H14N2O3/c1-2-6-3-4-7(8(5-6)12-11)9(13)10(14)15/h3-5,9,12-13H,2,11H2,1H3,(H,14,15). The van der Waals surface area contributed by atoms with Gasteiger partial charge < -0.3 is 15.6 Å². The average Bonchev–Trinajstić information content (AvgIpc) is 2.27. The maximum absolute atomic E-state index is 10.6. The molecular weight excluding hydrogens is 196 g/mol. The van der Waals surface area contributed by atoms with Crippen LogP contribution in [0.4, 0.5) is 5.69 Å². The van der Waals surface area contributed by atoms with Crippen LogP contribution in [0.15, 0.2) is 18.2 Å². The van der Waals surface area contributed by atoms with Crippen molar-refractivity contribution in [2.45, 2.75) is 19.4 Å². The lowest BCUT2D eigenvalue weighted by Gasteiger charge is -2.12. The minimum absolute atomic E-state index is 0.266. The number of hydrogen-bond acceptors (Lipinski definition) is 4. The van der Waals surface area contributed by atoms with Gasteiger partial charge in [0.05, 0.1) is 5.69 Å². The number of nitrogens with two attached hydrogens (primary N) is 1. The maximum Gasteiger partial charge on any atom is 0.337 e. The summed E-state index contributed by atoms with van der Waals surface area (Å²) >= 11 is 0. The van der Waals surface area contributed by atoms with Gasteiger partial charge in [-0.3, -0.25) is 5.84 Å². The monoisotopic (exact) mass is 210 g/mol. The Kier molecular flexibility index (Phi) is 3.65. The van der Waals surface area contributed by atoms with Crippen LogP contribution in [0, 0.1) is 0 Å². The topological polar surface area (TPSA) is 95.6 Å². The molecule has 1 unspecified atom stereocenters. The molecule has 0 aliphatic carbocycles. The van der Waals surface area contributed by atoms with Gasteiger partial charge >= 0.3 is 5.97 Å². The smallest absolute Gasteiger partial charge is 0.337 e. The van der Waals surface area contributed by atoms with E-state index in [-0.39, 0.29) is 5.56 Å². The van der Waals surface area contributed by atoms with Crippen molar-refractivity contribution in [1.82, 2.24) is 0 Å². The highest BCUT2D eigenvalue weighted by atomic mass is 16.4. The fourth-order valence-corrected chi connectivity index (χ4v) is 1.32. The normalized spacial score (nSPS) is 12.2. The van der Waals surface area contributed by atoms with Crippen LogP contribution >= 0.6 is 0 Å². The van der Waals surface area contributed by atoms with Gasteiger partial charge in [0.15, 0.2) is 6.10 Å². The summed E-state index contributed by atoms with van der Waals surface area (Å²) in [5.41, 5.74) is 4.10. The van der Waals surface area contributed by atoms with Crippen LogP contribution in [0.25, 0.3) is 0 Å². The molecule has 0 amide bonds. The number of aliphatic hydroxyl groups is 1. The molecule has 0 saturated carbocycles. The highest BCUT2D eigenvalue weighted by Gasteiger charge is 2.19. The minimum atomic E-state index is -1.55. The van der Waals surface area contributed by atoms with Gasteiger partial charge in [-0.1, -0.05) is 19.1 Å². The van der Waals surface area contributed by atoms with Crippen LogP contribution in [0.5, 0.6) is 0 Å². The Balaban J connectivity index is 3.12. The lowest BCUT2D eigenvalue weighted by Crippen LogP contribution is -2.16. The molecule has 5 nitrogen and oxygen atoms in total. The number of hydrazine groups is 1. The second kappa shape index (κ2) is 4.77. The predicted molar refractivity (Wildman–Crippen MR) is 56.2 cm³/mol. The summed E-state index contributed by atoms with van der Waals surface area (Å²) in [5.74, 6) is 3.96. The van der Waals surface area contributed by atoms with E-state index in [0.717, 1.165) is 12.0 Å². The Labute approximate surface area is 87.5 Å². The molecule has 1 aromatic carbocycles. The lowest BCUT2D eigenvalue weighted by atomic mass is 10.0. The van der Waals surface area contributed by atoms with E-state index < -0.39 is 12.1 Å². The molecular formula is C10H14N2O3. The SMILES string of the molecule is CCc1ccc(C(O)C(=O)O)c(NN)c1. The summed E-state index contributed by atoms with van der Waals surface area (Å²) in [6, 6.07) is 5.05. The molecule has 0 heterocycles. The van der Waals surface area contributed by atoms with Crippen LogP contribution in [-0.4, -0.2) is 16.2 Å². The van der Waals surface area contributed by atoms with Crippen molar-refractivity contribution in [1.29, 1.82) is 0 Å². The highest BCUT2D eigenvalue weighted by Crippen LogP contribution is 2.24. The summed E-state index contributed by atoms with van der Waals surface area (Å²) < 4.78 is 0. The molecule has 5 heteroatoms. The van der Waals surface area contributed by atoms with Crippen molar-refractivity contribution in [3.05, 3.63) is 29.3 Å². The van der Waals surface area contributed by atoms with E-state index in [1.165, 1.54) is 0 Å². The number of carboxylic acid groups (broad SMARTS) is 1. The number of aliphatic hydroxyl groups excluding tert-OH is 1. The molecule has 15 heavy (non-hydrogen) atoms. The lowest BCUT2D eigenvalue weighted by molar-refractivity contribution is -0.146. The first-order valence-corrected chi connectivity index (χ1v) is 4.60. The molecule has 0 radical (unpaired) electrons. The van der Waals surface area contributed by atoms with E-state index in [0.29, 0.717) is 5.69 Å². The Morgan fingerprint density at radius 3 is 2.73 bits per heavy atom. The summed E-state index contributed by atoms with van der Waals surface area (Å²) in [6.45, 7) is 1.98. The van der Waals surface area contributed by atoms with Crippen molar-refractivity contribution in [2.24, 2.45) is 5.84 Å². The predicted octanol–water partition coefficient (Wildman–Crippen LogP) is 0.653. The molecule has 82 valence electrons. The molecule has 1 rings (SSSR count). The maximum atomic E-state index is 10.6. The first-order chi connectivity index (χ1) is 7.10. The summed E-state index contributed by atoms with van der Waals surface area (Å²) in [7, 11) is 0. The Morgan fingerprint density at radius 1 is 1.60 bits per heavy atom. The van der Waals surface area contributed by atoms with Crippen LogP contribution in [0.1, 0.15) is 24.2 Å². The highest BCUT2D eigenvalue weighted by molar-refractivity contribution is 5.77. The summed E-state index contributed by atoms with van der Waals surface area (Å²) in [6.07, 6.45) is -0.736. The van der Waals surface area contributed by atoms with Gasteiger partial charge in [0.25, 0.3) is 0 Å². The van der Waals surface area contributed by atoms with Crippen LogP contribution in [0.2, 0.25) is 0 Å². The number of hydrogen-bond donors (Lipinski definition) is 4. The van der Waals surface area contributed by atoms with E-state index in [4.69, 9.17) is 10.9 Å². The molecule has 0 bridgehead atoms. The van der Waals surface area contributed by atoms with Crippen LogP contribution in [0.3, 0.4) is 0 Å². The first-order valence-electron chi connectivity index (χ1n) is 4.60. The molecule has 0 aromatic heterocycles. The Morgan fingerprint density at radius 2 is 2.27 bits per heavy atom. The first kappa shape index (κ1) is 11.5. The van der Waals surface area contributed by atoms with Gasteiger partial charge in [-0.05, 0) is 18.1 Å². The fraction of sp³-hybridized carbons (Fsp3) is 0.300. The molecule has 0 saturated heterocycles. The number of rotatable bonds is 4. The van der Waals surface area contributed by atoms with Crippen molar-refractivity contribution < 1.29 is 15.0 Å². The van der Waals surface area contributed by atoms with Crippen LogP contribution < -0.4 is 11.3 Å². The van der Waals surface area contributed by atoms with Gasteiger partial charge in [0.1, 0.15) is 0 Å². The molecule has 1 atom stereocenters. The number of carboxylic acids is 1. The van der Waals surface area contributed by atoms with Crippen molar-refractivity contribution in [3.63, 3.8) is 0 Å². The number of benzene rings is 1. The largest absolute Gasteiger partial charge is 0.479 e. The van der Waals surface area contributed by atoms with Gasteiger partial charge in [-0.15, -0.1) is 0 Å². The van der Waals surface area contributed by atoms with Crippen molar-refractivity contribution >= 4 is 11.7 Å². The number of nitrogen functional groups attached to an aromatic ring is 1. The molecule has 5 N–H and O–H groups in total. The van der Waals surface area contributed by atoms with E-state index in [1.807, 2.05) is 6.92 Å². The zero-order chi connectivity index (χ0) is 11.4. The number of nitrogens with one attached hydrogen (secondary N) is 1. The molecule has 0 spiro atoms. The van der Waals surface area contributed by atoms with Gasteiger partial charge in [-0.25, -0.2) is 4.79 Å². The van der Waals surface area contributed by atoms with Gasteiger partial charge in [0.2, 0.25) is 0 Å². The molecule has 0 fully saturated rings. The Bertz CT molecular complexity index is 366. The minimum Gasteiger partial charge on any atom is -0.479 e. The zero-order valence-electron chi connectivity index (χ0n) is 8.40. The molecule has 1 aromatic rings. The third kappa shape index (κ3) is 2.45. The van der Waals surface area contributed by atoms with Gasteiger partial charge in [0, 0.05) is 5.56 Å². The third-order valence-corrected chi connectivity index (χ3v) is 2.21. The average molecular weight is 210 g/mol. The third-order valence-electron chi connectivity index (χ3n) is 2.21. The number of carbonyl (C=O) groups is 1. The quantitative estimate of drug-likeness (QED) is 0.432. The second-order valence-electron chi connectivity index (χ2n) is 3.16. The molecule has 0 aliphatic heterocycles. The number of aryl methyl sites for hydroxylation is 1. The van der Waals surface area contributed by atoms with Gasteiger partial charge in [-0.2, -0.15) is 0 Å². The summed E-state index contributed by atoms with van der Waals surface area (Å²) in [5, 5.41) is 18.0. The number of anilines is 1. The van der Waals surface area contributed by atoms with E-state index >= 15 is 0 Å². The van der Waals surface area contributed by atoms with Crippen molar-refractivity contribution in [3.8, 4) is 0 Å². The fourth-order valence-electron chi connectivity index (χ4n) is 1.32. The Hall–Kier alpha value is -1.59. The van der Waals surface area contributed by atoms with E-state index in [2.05, 4.69) is 5.43 Å². The van der Waals surface area contributed by atoms with Crippen molar-refractivity contribution in [2.75, 3.05) is 5.43 Å². The van der Waals surface area contributed by atoms with E-state index in [1.54, 1.807) is 18.2 Å². The zero-order valence-corrected chi connectivity index (χ0v) is 8.40. The van der Waals surface area contributed by atoms with Crippen LogP contribution in [-0.2, 0) is 11.2 Å². The number of aliphatic carboxylic acids is 1.